The van der Waals surface area contributed by atoms with E-state index >= 15 is 0 Å². The molecule has 0 bridgehead atoms. The summed E-state index contributed by atoms with van der Waals surface area (Å²) < 4.78 is 6.01. The first-order chi connectivity index (χ1) is 17.6. The van der Waals surface area contributed by atoms with Gasteiger partial charge < -0.3 is 19.9 Å². The number of hydrogen-bond acceptors (Lipinski definition) is 6. The van der Waals surface area contributed by atoms with Gasteiger partial charge in [0, 0.05) is 19.2 Å². The van der Waals surface area contributed by atoms with Gasteiger partial charge in [0.1, 0.15) is 24.0 Å². The molecule has 0 unspecified atom stereocenters. The highest BCUT2D eigenvalue weighted by Crippen LogP contribution is 2.29. The van der Waals surface area contributed by atoms with Crippen LogP contribution in [-0.2, 0) is 6.42 Å². The van der Waals surface area contributed by atoms with E-state index in [1.165, 1.54) is 0 Å². The van der Waals surface area contributed by atoms with Crippen molar-refractivity contribution in [2.45, 2.75) is 27.2 Å². The highest BCUT2D eigenvalue weighted by Gasteiger charge is 2.14. The number of aromatic nitrogens is 4. The molecule has 8 heteroatoms. The number of pyridine rings is 1. The Morgan fingerprint density at radius 2 is 1.83 bits per heavy atom. The largest absolute Gasteiger partial charge is 0.492 e. The van der Waals surface area contributed by atoms with Gasteiger partial charge in [0.05, 0.1) is 0 Å². The molecule has 36 heavy (non-hydrogen) atoms. The number of likely N-dealkylation sites (N-methyl/N-ethyl adjacent to an activating group) is 1. The zero-order valence-electron chi connectivity index (χ0n) is 21.0. The van der Waals surface area contributed by atoms with Crippen LogP contribution in [0.25, 0.3) is 11.1 Å². The van der Waals surface area contributed by atoms with Crippen LogP contribution < -0.4 is 10.1 Å². The Kier molecular flexibility index (Phi) is 8.41. The van der Waals surface area contributed by atoms with Gasteiger partial charge in [0.15, 0.2) is 0 Å². The first-order valence-electron chi connectivity index (χ1n) is 12.2. The maximum absolute atomic E-state index is 12.8. The number of carbonyl (C=O) groups is 1. The number of nitrogens with one attached hydrogen (secondary N) is 2. The van der Waals surface area contributed by atoms with Crippen LogP contribution in [0.3, 0.4) is 0 Å². The molecular weight excluding hydrogens is 452 g/mol. The lowest BCUT2D eigenvalue weighted by molar-refractivity contribution is 0.101. The third kappa shape index (κ3) is 6.55. The summed E-state index contributed by atoms with van der Waals surface area (Å²) >= 11 is 0. The Morgan fingerprint density at radius 1 is 1.03 bits per heavy atom. The summed E-state index contributed by atoms with van der Waals surface area (Å²) in [5.41, 5.74) is 4.16. The number of carbonyl (C=O) groups excluding carboxylic acids is 1. The zero-order chi connectivity index (χ0) is 25.3. The normalized spacial score (nSPS) is 11.0. The quantitative estimate of drug-likeness (QED) is 0.319. The van der Waals surface area contributed by atoms with Crippen LogP contribution in [0.1, 0.15) is 41.4 Å². The van der Waals surface area contributed by atoms with Crippen LogP contribution >= 0.6 is 0 Å². The van der Waals surface area contributed by atoms with Gasteiger partial charge in [-0.1, -0.05) is 50.2 Å². The van der Waals surface area contributed by atoms with Crippen molar-refractivity contribution < 1.29 is 9.53 Å². The fourth-order valence-electron chi connectivity index (χ4n) is 3.94. The summed E-state index contributed by atoms with van der Waals surface area (Å²) in [4.78, 5) is 22.4. The molecule has 0 aliphatic heterocycles. The molecule has 0 spiro atoms. The van der Waals surface area contributed by atoms with Gasteiger partial charge >= 0.3 is 0 Å². The second-order valence-corrected chi connectivity index (χ2v) is 8.52. The third-order valence-electron chi connectivity index (χ3n) is 6.06. The average Bonchev–Trinajstić information content (AvgIpc) is 3.37. The predicted molar refractivity (Wildman–Crippen MR) is 141 cm³/mol. The van der Waals surface area contributed by atoms with Crippen molar-refractivity contribution in [3.05, 3.63) is 89.6 Å². The van der Waals surface area contributed by atoms with Gasteiger partial charge in [0.2, 0.25) is 5.82 Å². The van der Waals surface area contributed by atoms with E-state index in [1.807, 2.05) is 60.7 Å². The van der Waals surface area contributed by atoms with Gasteiger partial charge in [-0.15, -0.1) is 10.2 Å². The van der Waals surface area contributed by atoms with Crippen molar-refractivity contribution in [2.24, 2.45) is 0 Å². The number of rotatable bonds is 11. The van der Waals surface area contributed by atoms with Gasteiger partial charge in [-0.2, -0.15) is 0 Å². The van der Waals surface area contributed by atoms with Gasteiger partial charge in [-0.05, 0) is 66.5 Å². The highest BCUT2D eigenvalue weighted by atomic mass is 16.5. The van der Waals surface area contributed by atoms with Crippen molar-refractivity contribution >= 4 is 11.7 Å². The molecule has 4 aromatic rings. The van der Waals surface area contributed by atoms with Crippen molar-refractivity contribution in [3.63, 3.8) is 0 Å². The highest BCUT2D eigenvalue weighted by molar-refractivity contribution is 6.01. The number of anilines is 1. The number of amides is 1. The molecule has 2 heterocycles. The molecule has 2 aromatic heterocycles. The number of aryl methyl sites for hydroxylation is 1. The van der Waals surface area contributed by atoms with E-state index in [0.717, 1.165) is 47.6 Å². The molecule has 0 saturated heterocycles. The molecule has 0 fully saturated rings. The number of H-pyrrole nitrogens is 1. The molecule has 1 amide bonds. The maximum atomic E-state index is 12.8. The number of hydrogen-bond donors (Lipinski definition) is 2. The molecule has 0 radical (unpaired) electrons. The number of benzene rings is 2. The fraction of sp³-hybridized carbons (Fsp3) is 0.286. The smallest absolute Gasteiger partial charge is 0.294 e. The van der Waals surface area contributed by atoms with Gasteiger partial charge in [0.25, 0.3) is 5.91 Å². The topological polar surface area (TPSA) is 96.0 Å². The second kappa shape index (κ2) is 12.1. The second-order valence-electron chi connectivity index (χ2n) is 8.52. The number of ether oxygens (including phenoxy) is 1. The first-order valence-corrected chi connectivity index (χ1v) is 12.2. The Morgan fingerprint density at radius 3 is 2.61 bits per heavy atom. The Bertz CT molecular complexity index is 1280. The van der Waals surface area contributed by atoms with Crippen molar-refractivity contribution in [1.82, 2.24) is 25.1 Å². The molecule has 0 saturated carbocycles. The summed E-state index contributed by atoms with van der Waals surface area (Å²) in [7, 11) is 0. The van der Waals surface area contributed by atoms with E-state index in [0.29, 0.717) is 24.7 Å². The van der Waals surface area contributed by atoms with E-state index in [2.05, 4.69) is 51.2 Å². The number of aromatic amines is 1. The minimum Gasteiger partial charge on any atom is -0.492 e. The SMILES string of the molecule is CCN(CC)CCOc1ccc(C)c(-c2ccnc(NC(=O)c3nnc(Cc4ccccc4)[nH]3)c2)c1. The first kappa shape index (κ1) is 25.1. The van der Waals surface area contributed by atoms with Crippen LogP contribution in [0.4, 0.5) is 5.82 Å². The summed E-state index contributed by atoms with van der Waals surface area (Å²) in [5.74, 6) is 1.63. The Labute approximate surface area is 211 Å². The van der Waals surface area contributed by atoms with E-state index in [9.17, 15) is 4.79 Å². The van der Waals surface area contributed by atoms with E-state index < -0.39 is 5.91 Å². The minimum absolute atomic E-state index is 0.146. The minimum atomic E-state index is -0.392. The van der Waals surface area contributed by atoms with Crippen LogP contribution in [0.5, 0.6) is 5.75 Å². The Balaban J connectivity index is 1.43. The van der Waals surface area contributed by atoms with Crippen molar-refractivity contribution in [1.29, 1.82) is 0 Å². The van der Waals surface area contributed by atoms with Crippen LogP contribution in [0.15, 0.2) is 66.9 Å². The summed E-state index contributed by atoms with van der Waals surface area (Å²) in [6.45, 7) is 9.89. The lowest BCUT2D eigenvalue weighted by Crippen LogP contribution is -2.27. The molecule has 4 rings (SSSR count). The van der Waals surface area contributed by atoms with E-state index in [4.69, 9.17) is 4.74 Å². The standard InChI is InChI=1S/C28H32N6O2/c1-4-34(5-2)15-16-36-23-12-11-20(3)24(19-23)22-13-14-29-25(18-22)31-28(35)27-30-26(32-33-27)17-21-9-7-6-8-10-21/h6-14,18-19H,4-5,15-17H2,1-3H3,(H,29,31,35)(H,30,32,33). The lowest BCUT2D eigenvalue weighted by atomic mass is 10.0. The lowest BCUT2D eigenvalue weighted by Gasteiger charge is -2.18. The van der Waals surface area contributed by atoms with E-state index in [1.54, 1.807) is 6.20 Å². The van der Waals surface area contributed by atoms with Crippen LogP contribution in [-0.4, -0.2) is 57.2 Å². The maximum Gasteiger partial charge on any atom is 0.294 e. The molecule has 2 aromatic carbocycles. The molecule has 2 N–H and O–H groups in total. The van der Waals surface area contributed by atoms with Gasteiger partial charge in [-0.25, -0.2) is 4.98 Å². The van der Waals surface area contributed by atoms with Gasteiger partial charge in [-0.3, -0.25) is 4.79 Å². The molecule has 0 atom stereocenters. The fourth-order valence-corrected chi connectivity index (χ4v) is 3.94. The zero-order valence-corrected chi connectivity index (χ0v) is 21.0. The monoisotopic (exact) mass is 484 g/mol. The molecule has 186 valence electrons. The Hall–Kier alpha value is -4.04. The number of nitrogens with zero attached hydrogens (tertiary/aromatic N) is 4. The van der Waals surface area contributed by atoms with Crippen molar-refractivity contribution in [2.75, 3.05) is 31.6 Å². The molecular formula is C28H32N6O2. The van der Waals surface area contributed by atoms with E-state index in [-0.39, 0.29) is 5.82 Å². The molecule has 0 aliphatic rings. The summed E-state index contributed by atoms with van der Waals surface area (Å²) in [6, 6.07) is 19.7. The van der Waals surface area contributed by atoms with Crippen LogP contribution in [0.2, 0.25) is 0 Å². The third-order valence-corrected chi connectivity index (χ3v) is 6.06. The summed E-state index contributed by atoms with van der Waals surface area (Å²) in [5, 5.41) is 10.9. The molecule has 8 nitrogen and oxygen atoms in total. The predicted octanol–water partition coefficient (Wildman–Crippen LogP) is 4.74. The molecule has 0 aliphatic carbocycles. The average molecular weight is 485 g/mol. The van der Waals surface area contributed by atoms with Crippen molar-refractivity contribution in [3.8, 4) is 16.9 Å². The summed E-state index contributed by atoms with van der Waals surface area (Å²) in [6.07, 6.45) is 2.25. The van der Waals surface area contributed by atoms with Crippen LogP contribution in [0, 0.1) is 6.92 Å².